The van der Waals surface area contributed by atoms with E-state index in [-0.39, 0.29) is 24.5 Å². The van der Waals surface area contributed by atoms with Gasteiger partial charge in [0.15, 0.2) is 0 Å². The van der Waals surface area contributed by atoms with Crippen LogP contribution in [0.1, 0.15) is 27.4 Å². The molecule has 0 radical (unpaired) electrons. The molecule has 0 unspecified atom stereocenters. The molecule has 6 heteroatoms. The molecule has 1 aromatic heterocycles. The first kappa shape index (κ1) is 14.7. The van der Waals surface area contributed by atoms with Crippen LogP contribution in [-0.2, 0) is 9.53 Å². The van der Waals surface area contributed by atoms with E-state index >= 15 is 0 Å². The molecule has 0 aromatic carbocycles. The number of hydrogen-bond donors (Lipinski definition) is 1. The number of amides is 1. The van der Waals surface area contributed by atoms with Gasteiger partial charge in [0.2, 0.25) is 5.91 Å². The molecule has 1 fully saturated rings. The summed E-state index contributed by atoms with van der Waals surface area (Å²) in [4.78, 5) is 26.1. The number of hydrogen-bond acceptors (Lipinski definition) is 5. The number of nitrogens with zero attached hydrogens (tertiary/aromatic N) is 1. The lowest BCUT2D eigenvalue weighted by Crippen LogP contribution is -2.35. The number of rotatable bonds is 5. The Morgan fingerprint density at radius 3 is 3.10 bits per heavy atom. The molecule has 1 saturated heterocycles. The Kier molecular flexibility index (Phi) is 4.92. The third-order valence-corrected chi connectivity index (χ3v) is 4.29. The van der Waals surface area contributed by atoms with E-state index < -0.39 is 0 Å². The topological polar surface area (TPSA) is 66.8 Å². The molecule has 1 aliphatic heterocycles. The Labute approximate surface area is 121 Å². The Hall–Kier alpha value is -1.66. The minimum absolute atomic E-state index is 0.00503. The highest BCUT2D eigenvalue weighted by molar-refractivity contribution is 7.14. The van der Waals surface area contributed by atoms with E-state index in [1.165, 1.54) is 18.4 Å². The van der Waals surface area contributed by atoms with Crippen molar-refractivity contribution in [3.63, 3.8) is 0 Å². The minimum Gasteiger partial charge on any atom is -0.465 e. The number of ether oxygens (including phenoxy) is 1. The number of carbonyl (C=O) groups is 2. The lowest BCUT2D eigenvalue weighted by Gasteiger charge is -2.21. The molecule has 2 heterocycles. The van der Waals surface area contributed by atoms with E-state index in [0.717, 1.165) is 4.88 Å². The maximum atomic E-state index is 11.6. The zero-order valence-electron chi connectivity index (χ0n) is 11.2. The summed E-state index contributed by atoms with van der Waals surface area (Å²) in [6.45, 7) is 0.487. The number of thiophene rings is 1. The molecule has 1 aromatic rings. The maximum absolute atomic E-state index is 11.6. The molecule has 0 aliphatic carbocycles. The van der Waals surface area contributed by atoms with Gasteiger partial charge in [-0.3, -0.25) is 4.79 Å². The zero-order valence-corrected chi connectivity index (χ0v) is 12.1. The zero-order chi connectivity index (χ0) is 14.5. The van der Waals surface area contributed by atoms with Crippen LogP contribution in [0.2, 0.25) is 0 Å². The Morgan fingerprint density at radius 1 is 1.60 bits per heavy atom. The second-order valence-corrected chi connectivity index (χ2v) is 5.63. The van der Waals surface area contributed by atoms with Gasteiger partial charge >= 0.3 is 5.97 Å². The fourth-order valence-corrected chi connectivity index (χ4v) is 3.03. The largest absolute Gasteiger partial charge is 0.465 e. The summed E-state index contributed by atoms with van der Waals surface area (Å²) in [5.41, 5.74) is 0. The van der Waals surface area contributed by atoms with Crippen LogP contribution in [0.3, 0.4) is 0 Å². The normalized spacial score (nSPS) is 19.0. The summed E-state index contributed by atoms with van der Waals surface area (Å²) in [5.74, 6) is -0.264. The molecule has 0 bridgehead atoms. The van der Waals surface area contributed by atoms with Gasteiger partial charge in [-0.05, 0) is 24.6 Å². The summed E-state index contributed by atoms with van der Waals surface area (Å²) in [5, 5.41) is 9.19. The van der Waals surface area contributed by atoms with E-state index in [2.05, 4.69) is 4.74 Å². The van der Waals surface area contributed by atoms with Gasteiger partial charge in [-0.2, -0.15) is 0 Å². The van der Waals surface area contributed by atoms with Crippen LogP contribution < -0.4 is 0 Å². The second-order valence-electron chi connectivity index (χ2n) is 4.52. The molecule has 0 saturated carbocycles. The number of carbonyl (C=O) groups excluding carboxylic acids is 2. The third-order valence-electron chi connectivity index (χ3n) is 3.26. The summed E-state index contributed by atoms with van der Waals surface area (Å²) < 4.78 is 4.64. The third kappa shape index (κ3) is 3.26. The molecule has 1 aliphatic rings. The van der Waals surface area contributed by atoms with Crippen LogP contribution in [0.5, 0.6) is 0 Å². The van der Waals surface area contributed by atoms with Crippen LogP contribution in [-0.4, -0.2) is 48.2 Å². The molecule has 1 N–H and O–H groups in total. The van der Waals surface area contributed by atoms with Gasteiger partial charge in [0.1, 0.15) is 4.88 Å². The van der Waals surface area contributed by atoms with Crippen molar-refractivity contribution in [2.24, 2.45) is 0 Å². The van der Waals surface area contributed by atoms with Gasteiger partial charge in [0, 0.05) is 17.8 Å². The average Bonchev–Trinajstić information content (AvgIpc) is 3.06. The molecule has 0 spiro atoms. The van der Waals surface area contributed by atoms with E-state index in [0.29, 0.717) is 24.3 Å². The first-order valence-electron chi connectivity index (χ1n) is 6.40. The average molecular weight is 295 g/mol. The van der Waals surface area contributed by atoms with Crippen LogP contribution in [0, 0.1) is 0 Å². The van der Waals surface area contributed by atoms with Crippen molar-refractivity contribution in [2.45, 2.75) is 18.9 Å². The van der Waals surface area contributed by atoms with E-state index in [9.17, 15) is 14.7 Å². The van der Waals surface area contributed by atoms with Crippen molar-refractivity contribution in [3.8, 4) is 0 Å². The highest BCUT2D eigenvalue weighted by Crippen LogP contribution is 2.20. The smallest absolute Gasteiger partial charge is 0.348 e. The first-order chi connectivity index (χ1) is 9.65. The predicted octanol–water partition coefficient (Wildman–Crippen LogP) is 1.53. The van der Waals surface area contributed by atoms with Crippen molar-refractivity contribution in [2.75, 3.05) is 20.3 Å². The standard InChI is InChI=1S/C14H17NO4S/c1-19-14(18)12-6-5-11(20-12)3-2-8-15-10(9-16)4-7-13(15)17/h2-3,5-6,10,16H,4,7-9H2,1H3/b3-2-/t10-/m1/s1. The van der Waals surface area contributed by atoms with Crippen molar-refractivity contribution in [3.05, 3.63) is 28.0 Å². The van der Waals surface area contributed by atoms with Gasteiger partial charge in [-0.1, -0.05) is 6.08 Å². The van der Waals surface area contributed by atoms with Crippen LogP contribution >= 0.6 is 11.3 Å². The molecule has 5 nitrogen and oxygen atoms in total. The van der Waals surface area contributed by atoms with E-state index in [4.69, 9.17) is 0 Å². The van der Waals surface area contributed by atoms with Crippen molar-refractivity contribution in [1.82, 2.24) is 4.90 Å². The molecule has 20 heavy (non-hydrogen) atoms. The van der Waals surface area contributed by atoms with E-state index in [1.54, 1.807) is 11.0 Å². The molecule has 1 amide bonds. The summed E-state index contributed by atoms with van der Waals surface area (Å²) in [7, 11) is 1.35. The number of esters is 1. The molecular weight excluding hydrogens is 278 g/mol. The quantitative estimate of drug-likeness (QED) is 0.837. The SMILES string of the molecule is COC(=O)c1ccc(/C=C\CN2C(=O)CC[C@@H]2CO)s1. The Bertz CT molecular complexity index is 523. The Morgan fingerprint density at radius 2 is 2.40 bits per heavy atom. The van der Waals surface area contributed by atoms with Gasteiger partial charge < -0.3 is 14.7 Å². The summed E-state index contributed by atoms with van der Waals surface area (Å²) >= 11 is 1.34. The van der Waals surface area contributed by atoms with Crippen LogP contribution in [0.4, 0.5) is 0 Å². The first-order valence-corrected chi connectivity index (χ1v) is 7.22. The van der Waals surface area contributed by atoms with Crippen molar-refractivity contribution in [1.29, 1.82) is 0 Å². The molecule has 1 atom stereocenters. The monoisotopic (exact) mass is 295 g/mol. The van der Waals surface area contributed by atoms with Crippen LogP contribution in [0.25, 0.3) is 6.08 Å². The lowest BCUT2D eigenvalue weighted by molar-refractivity contribution is -0.128. The maximum Gasteiger partial charge on any atom is 0.348 e. The van der Waals surface area contributed by atoms with Gasteiger partial charge in [0.25, 0.3) is 0 Å². The predicted molar refractivity (Wildman–Crippen MR) is 76.5 cm³/mol. The minimum atomic E-state index is -0.343. The summed E-state index contributed by atoms with van der Waals surface area (Å²) in [6, 6.07) is 3.48. The Balaban J connectivity index is 1.94. The fourth-order valence-electron chi connectivity index (χ4n) is 2.17. The molecule has 2 rings (SSSR count). The molecular formula is C14H17NO4S. The van der Waals surface area contributed by atoms with Crippen LogP contribution in [0.15, 0.2) is 18.2 Å². The fraction of sp³-hybridized carbons (Fsp3) is 0.429. The van der Waals surface area contributed by atoms with Gasteiger partial charge in [0.05, 0.1) is 19.8 Å². The number of aliphatic hydroxyl groups excluding tert-OH is 1. The van der Waals surface area contributed by atoms with Gasteiger partial charge in [-0.25, -0.2) is 4.79 Å². The number of likely N-dealkylation sites (tertiary alicyclic amines) is 1. The highest BCUT2D eigenvalue weighted by atomic mass is 32.1. The highest BCUT2D eigenvalue weighted by Gasteiger charge is 2.28. The number of methoxy groups -OCH3 is 1. The second kappa shape index (κ2) is 6.67. The molecule has 108 valence electrons. The van der Waals surface area contributed by atoms with Gasteiger partial charge in [-0.15, -0.1) is 11.3 Å². The lowest BCUT2D eigenvalue weighted by atomic mass is 10.2. The van der Waals surface area contributed by atoms with Crippen molar-refractivity contribution < 1.29 is 19.4 Å². The van der Waals surface area contributed by atoms with Crippen molar-refractivity contribution >= 4 is 29.3 Å². The van der Waals surface area contributed by atoms with E-state index in [1.807, 2.05) is 18.2 Å². The number of aliphatic hydroxyl groups is 1. The summed E-state index contributed by atoms with van der Waals surface area (Å²) in [6.07, 6.45) is 4.97.